The van der Waals surface area contributed by atoms with E-state index in [-0.39, 0.29) is 5.54 Å². The Bertz CT molecular complexity index is 692. The second kappa shape index (κ2) is 3.74. The first kappa shape index (κ1) is 12.6. The molecular weight excluding hydrogens is 270 g/mol. The molecule has 4 unspecified atom stereocenters. The lowest BCUT2D eigenvalue weighted by molar-refractivity contribution is 0.408. The Kier molecular flexibility index (Phi) is 2.36. The second-order valence-corrected chi connectivity index (χ2v) is 8.34. The zero-order valence-corrected chi connectivity index (χ0v) is 12.5. The van der Waals surface area contributed by atoms with Crippen LogP contribution in [0.3, 0.4) is 0 Å². The SMILES string of the molecule is C=C1C2CCC(C2)C12CN2S(=O)(=O)c1ccc(C)cc1. The molecule has 0 aromatic heterocycles. The molecule has 2 aliphatic carbocycles. The molecule has 4 rings (SSSR count). The standard InChI is InChI=1S/C16H19NO2S/c1-11-3-7-15(8-4-11)20(18,19)17-10-16(17)12(2)13-5-6-14(16)9-13/h3-4,7-8,13-14H,2,5-6,9-10H2,1H3. The Morgan fingerprint density at radius 3 is 2.55 bits per heavy atom. The summed E-state index contributed by atoms with van der Waals surface area (Å²) in [5.41, 5.74) is 2.02. The quantitative estimate of drug-likeness (QED) is 0.620. The molecule has 4 heteroatoms. The predicted molar refractivity (Wildman–Crippen MR) is 77.8 cm³/mol. The smallest absolute Gasteiger partial charge is 0.207 e. The van der Waals surface area contributed by atoms with Crippen molar-refractivity contribution >= 4 is 10.0 Å². The molecule has 0 radical (unpaired) electrons. The van der Waals surface area contributed by atoms with Crippen molar-refractivity contribution in [1.29, 1.82) is 0 Å². The normalized spacial score (nSPS) is 38.6. The van der Waals surface area contributed by atoms with Gasteiger partial charge in [0.1, 0.15) is 0 Å². The molecule has 0 N–H and O–H groups in total. The first-order valence-corrected chi connectivity index (χ1v) is 8.69. The van der Waals surface area contributed by atoms with Crippen LogP contribution in [-0.2, 0) is 10.0 Å². The van der Waals surface area contributed by atoms with Gasteiger partial charge in [-0.15, -0.1) is 0 Å². The van der Waals surface area contributed by atoms with Crippen molar-refractivity contribution in [3.8, 4) is 0 Å². The number of nitrogens with zero attached hydrogens (tertiary/aromatic N) is 1. The molecule has 3 fully saturated rings. The maximum atomic E-state index is 12.8. The van der Waals surface area contributed by atoms with Gasteiger partial charge in [0.15, 0.2) is 0 Å². The van der Waals surface area contributed by atoms with Gasteiger partial charge in [-0.25, -0.2) is 8.42 Å². The van der Waals surface area contributed by atoms with E-state index < -0.39 is 10.0 Å². The summed E-state index contributed by atoms with van der Waals surface area (Å²) in [5.74, 6) is 1.05. The Morgan fingerprint density at radius 2 is 1.95 bits per heavy atom. The highest BCUT2D eigenvalue weighted by molar-refractivity contribution is 7.89. The Balaban J connectivity index is 1.70. The zero-order valence-electron chi connectivity index (χ0n) is 11.7. The van der Waals surface area contributed by atoms with Crippen LogP contribution in [-0.4, -0.2) is 24.8 Å². The van der Waals surface area contributed by atoms with Crippen molar-refractivity contribution in [1.82, 2.24) is 4.31 Å². The average Bonchev–Trinajstić information content (AvgIpc) is 2.89. The van der Waals surface area contributed by atoms with Gasteiger partial charge >= 0.3 is 0 Å². The van der Waals surface area contributed by atoms with Gasteiger partial charge in [0.05, 0.1) is 10.4 Å². The minimum Gasteiger partial charge on any atom is -0.207 e. The molecule has 4 atom stereocenters. The summed E-state index contributed by atoms with van der Waals surface area (Å²) < 4.78 is 27.2. The summed E-state index contributed by atoms with van der Waals surface area (Å²) in [5, 5.41) is 0. The third-order valence-corrected chi connectivity index (χ3v) is 7.40. The van der Waals surface area contributed by atoms with Gasteiger partial charge in [-0.1, -0.05) is 29.8 Å². The number of sulfonamides is 1. The molecule has 1 heterocycles. The molecule has 1 aromatic carbocycles. The minimum absolute atomic E-state index is 0.230. The van der Waals surface area contributed by atoms with E-state index in [1.54, 1.807) is 16.4 Å². The van der Waals surface area contributed by atoms with Crippen molar-refractivity contribution in [2.75, 3.05) is 6.54 Å². The van der Waals surface area contributed by atoms with E-state index in [1.165, 1.54) is 12.0 Å². The highest BCUT2D eigenvalue weighted by Crippen LogP contribution is 2.64. The molecule has 20 heavy (non-hydrogen) atoms. The number of hydrogen-bond donors (Lipinski definition) is 0. The van der Waals surface area contributed by atoms with Crippen LogP contribution in [0.2, 0.25) is 0 Å². The molecule has 3 aliphatic rings. The summed E-state index contributed by atoms with van der Waals surface area (Å²) in [7, 11) is -3.36. The molecular formula is C16H19NO2S. The van der Waals surface area contributed by atoms with Crippen molar-refractivity contribution in [2.24, 2.45) is 11.8 Å². The van der Waals surface area contributed by atoms with Crippen LogP contribution in [0.4, 0.5) is 0 Å². The molecule has 1 spiro atoms. The number of rotatable bonds is 2. The molecule has 1 aliphatic heterocycles. The highest BCUT2D eigenvalue weighted by Gasteiger charge is 2.70. The van der Waals surface area contributed by atoms with E-state index in [0.29, 0.717) is 23.3 Å². The molecule has 2 saturated carbocycles. The van der Waals surface area contributed by atoms with Gasteiger partial charge in [-0.05, 0) is 50.2 Å². The zero-order chi connectivity index (χ0) is 14.1. The third-order valence-electron chi connectivity index (χ3n) is 5.49. The van der Waals surface area contributed by atoms with Crippen LogP contribution >= 0.6 is 0 Å². The van der Waals surface area contributed by atoms with Crippen molar-refractivity contribution in [2.45, 2.75) is 36.6 Å². The van der Waals surface area contributed by atoms with E-state index in [2.05, 4.69) is 6.58 Å². The lowest BCUT2D eigenvalue weighted by atomic mass is 9.85. The van der Waals surface area contributed by atoms with Crippen LogP contribution in [0.5, 0.6) is 0 Å². The highest BCUT2D eigenvalue weighted by atomic mass is 32.2. The van der Waals surface area contributed by atoms with Crippen LogP contribution in [0.1, 0.15) is 24.8 Å². The Morgan fingerprint density at radius 1 is 1.25 bits per heavy atom. The van der Waals surface area contributed by atoms with Gasteiger partial charge < -0.3 is 0 Å². The maximum absolute atomic E-state index is 12.8. The second-order valence-electron chi connectivity index (χ2n) is 6.48. The molecule has 106 valence electrons. The van der Waals surface area contributed by atoms with Gasteiger partial charge in [0.25, 0.3) is 0 Å². The largest absolute Gasteiger partial charge is 0.244 e. The van der Waals surface area contributed by atoms with E-state index in [4.69, 9.17) is 0 Å². The first-order valence-electron chi connectivity index (χ1n) is 7.25. The summed E-state index contributed by atoms with van der Waals surface area (Å²) in [4.78, 5) is 0.413. The fraction of sp³-hybridized carbons (Fsp3) is 0.500. The first-order chi connectivity index (χ1) is 9.46. The van der Waals surface area contributed by atoms with Crippen LogP contribution < -0.4 is 0 Å². The van der Waals surface area contributed by atoms with Crippen molar-refractivity contribution < 1.29 is 8.42 Å². The number of aryl methyl sites for hydroxylation is 1. The molecule has 1 saturated heterocycles. The molecule has 1 aromatic rings. The van der Waals surface area contributed by atoms with Gasteiger partial charge in [0, 0.05) is 6.54 Å². The topological polar surface area (TPSA) is 37.1 Å². The number of fused-ring (bicyclic) bond motifs is 3. The van der Waals surface area contributed by atoms with Crippen LogP contribution in [0.25, 0.3) is 0 Å². The Hall–Kier alpha value is -1.13. The van der Waals surface area contributed by atoms with Gasteiger partial charge in [0.2, 0.25) is 10.0 Å². The number of benzene rings is 1. The molecule has 0 amide bonds. The minimum atomic E-state index is -3.36. The summed E-state index contributed by atoms with van der Waals surface area (Å²) in [6, 6.07) is 7.15. The van der Waals surface area contributed by atoms with E-state index in [1.807, 2.05) is 19.1 Å². The van der Waals surface area contributed by atoms with Crippen molar-refractivity contribution in [3.05, 3.63) is 42.0 Å². The molecule has 3 nitrogen and oxygen atoms in total. The average molecular weight is 289 g/mol. The van der Waals surface area contributed by atoms with Crippen molar-refractivity contribution in [3.63, 3.8) is 0 Å². The fourth-order valence-corrected chi connectivity index (χ4v) is 6.06. The third kappa shape index (κ3) is 1.41. The predicted octanol–water partition coefficient (Wildman–Crippen LogP) is 2.72. The van der Waals surface area contributed by atoms with Gasteiger partial charge in [-0.3, -0.25) is 0 Å². The van der Waals surface area contributed by atoms with Crippen LogP contribution in [0, 0.1) is 18.8 Å². The molecule has 2 bridgehead atoms. The summed E-state index contributed by atoms with van der Waals surface area (Å²) >= 11 is 0. The lowest BCUT2D eigenvalue weighted by Gasteiger charge is -2.24. The number of hydrogen-bond acceptors (Lipinski definition) is 2. The summed E-state index contributed by atoms with van der Waals surface area (Å²) in [6.07, 6.45) is 3.49. The van der Waals surface area contributed by atoms with E-state index in [9.17, 15) is 8.42 Å². The monoisotopic (exact) mass is 289 g/mol. The van der Waals surface area contributed by atoms with E-state index in [0.717, 1.165) is 18.4 Å². The van der Waals surface area contributed by atoms with Crippen LogP contribution in [0.15, 0.2) is 41.3 Å². The van der Waals surface area contributed by atoms with E-state index >= 15 is 0 Å². The van der Waals surface area contributed by atoms with Gasteiger partial charge in [-0.2, -0.15) is 4.31 Å². The summed E-state index contributed by atoms with van der Waals surface area (Å²) in [6.45, 7) is 6.82. The fourth-order valence-electron chi connectivity index (χ4n) is 4.26. The Labute approximate surface area is 120 Å². The lowest BCUT2D eigenvalue weighted by Crippen LogP contribution is -2.31. The maximum Gasteiger partial charge on any atom is 0.244 e.